The van der Waals surface area contributed by atoms with Gasteiger partial charge in [-0.1, -0.05) is 12.1 Å². The number of sulfonamides is 1. The number of likely N-dealkylation sites (tertiary alicyclic amines) is 1. The van der Waals surface area contributed by atoms with Gasteiger partial charge in [0.05, 0.1) is 24.3 Å². The Morgan fingerprint density at radius 2 is 2.13 bits per heavy atom. The molecule has 2 saturated heterocycles. The monoisotopic (exact) mass is 335 g/mol. The Hall–Kier alpha value is -1.46. The van der Waals surface area contributed by atoms with Crippen LogP contribution in [0, 0.1) is 18.3 Å². The molecule has 0 spiro atoms. The van der Waals surface area contributed by atoms with E-state index in [-0.39, 0.29) is 22.6 Å². The van der Waals surface area contributed by atoms with E-state index in [1.807, 2.05) is 13.1 Å². The smallest absolute Gasteiger partial charge is 0.244 e. The van der Waals surface area contributed by atoms with E-state index in [0.717, 1.165) is 13.0 Å². The molecule has 7 heteroatoms. The van der Waals surface area contributed by atoms with Crippen molar-refractivity contribution < 1.29 is 13.2 Å². The van der Waals surface area contributed by atoms with Gasteiger partial charge in [0.1, 0.15) is 11.0 Å². The van der Waals surface area contributed by atoms with E-state index < -0.39 is 10.0 Å². The van der Waals surface area contributed by atoms with E-state index in [0.29, 0.717) is 25.3 Å². The van der Waals surface area contributed by atoms with Gasteiger partial charge in [-0.25, -0.2) is 8.42 Å². The molecule has 0 bridgehead atoms. The van der Waals surface area contributed by atoms with Gasteiger partial charge >= 0.3 is 0 Å². The summed E-state index contributed by atoms with van der Waals surface area (Å²) in [7, 11) is -1.73. The summed E-state index contributed by atoms with van der Waals surface area (Å²) in [6, 6.07) is 6.82. The van der Waals surface area contributed by atoms with Crippen LogP contribution < -0.4 is 0 Å². The Morgan fingerprint density at radius 1 is 1.35 bits per heavy atom. The SMILES string of the molecule is Cc1cccc(S(=O)(=O)N2CCO[C@@H]3CCN(C)C[C@H]32)c1C#N. The highest BCUT2D eigenvalue weighted by molar-refractivity contribution is 7.89. The number of nitrogens with zero attached hydrogens (tertiary/aromatic N) is 3. The van der Waals surface area contributed by atoms with Crippen molar-refractivity contribution in [2.24, 2.45) is 0 Å². The van der Waals surface area contributed by atoms with Crippen LogP contribution in [0.1, 0.15) is 17.5 Å². The number of hydrogen-bond acceptors (Lipinski definition) is 5. The van der Waals surface area contributed by atoms with Gasteiger partial charge in [-0.05, 0) is 32.0 Å². The first-order valence-corrected chi connectivity index (χ1v) is 9.21. The second-order valence-corrected chi connectivity index (χ2v) is 8.06. The zero-order chi connectivity index (χ0) is 16.6. The van der Waals surface area contributed by atoms with Crippen molar-refractivity contribution in [3.05, 3.63) is 29.3 Å². The van der Waals surface area contributed by atoms with Crippen LogP contribution in [0.15, 0.2) is 23.1 Å². The first-order valence-electron chi connectivity index (χ1n) is 7.77. The van der Waals surface area contributed by atoms with Crippen molar-refractivity contribution >= 4 is 10.0 Å². The molecule has 3 rings (SSSR count). The molecule has 0 radical (unpaired) electrons. The molecule has 0 saturated carbocycles. The van der Waals surface area contributed by atoms with Gasteiger partial charge in [0.15, 0.2) is 0 Å². The van der Waals surface area contributed by atoms with Crippen LogP contribution in [0.2, 0.25) is 0 Å². The van der Waals surface area contributed by atoms with Gasteiger partial charge in [-0.15, -0.1) is 0 Å². The zero-order valence-corrected chi connectivity index (χ0v) is 14.2. The lowest BCUT2D eigenvalue weighted by Crippen LogP contribution is -2.60. The first kappa shape index (κ1) is 16.4. The molecule has 0 amide bonds. The molecule has 23 heavy (non-hydrogen) atoms. The maximum absolute atomic E-state index is 13.2. The zero-order valence-electron chi connectivity index (χ0n) is 13.4. The minimum absolute atomic E-state index is 0.0648. The van der Waals surface area contributed by atoms with Crippen molar-refractivity contribution in [2.75, 3.05) is 33.3 Å². The minimum Gasteiger partial charge on any atom is -0.375 e. The number of morpholine rings is 1. The summed E-state index contributed by atoms with van der Waals surface area (Å²) in [5.41, 5.74) is 0.916. The average molecular weight is 335 g/mol. The second-order valence-electron chi connectivity index (χ2n) is 6.20. The number of nitriles is 1. The number of fused-ring (bicyclic) bond motifs is 1. The molecule has 6 nitrogen and oxygen atoms in total. The van der Waals surface area contributed by atoms with Crippen LogP contribution in [0.3, 0.4) is 0 Å². The molecule has 0 N–H and O–H groups in total. The molecule has 0 aliphatic carbocycles. The van der Waals surface area contributed by atoms with Gasteiger partial charge in [-0.2, -0.15) is 9.57 Å². The number of rotatable bonds is 2. The van der Waals surface area contributed by atoms with Crippen LogP contribution >= 0.6 is 0 Å². The van der Waals surface area contributed by atoms with Crippen LogP contribution in [-0.4, -0.2) is 63.1 Å². The first-order chi connectivity index (χ1) is 10.9. The van der Waals surface area contributed by atoms with Crippen molar-refractivity contribution in [1.82, 2.24) is 9.21 Å². The van der Waals surface area contributed by atoms with Gasteiger partial charge < -0.3 is 9.64 Å². The number of ether oxygens (including phenoxy) is 1. The molecule has 2 aliphatic rings. The molecule has 2 atom stereocenters. The largest absolute Gasteiger partial charge is 0.375 e. The number of benzene rings is 1. The third-order valence-electron chi connectivity index (χ3n) is 4.67. The number of piperidine rings is 1. The highest BCUT2D eigenvalue weighted by Gasteiger charge is 2.42. The molecule has 0 aromatic heterocycles. The standard InChI is InChI=1S/C16H21N3O3S/c1-12-4-3-5-16(13(12)10-17)23(20,21)19-8-9-22-15-6-7-18(2)11-14(15)19/h3-5,14-15H,6-9,11H2,1-2H3/t14-,15-/m1/s1. The molecular weight excluding hydrogens is 314 g/mol. The Balaban J connectivity index is 2.02. The van der Waals surface area contributed by atoms with Crippen LogP contribution in [0.5, 0.6) is 0 Å². The Labute approximate surface area is 137 Å². The van der Waals surface area contributed by atoms with Crippen molar-refractivity contribution in [2.45, 2.75) is 30.4 Å². The fraction of sp³-hybridized carbons (Fsp3) is 0.562. The minimum atomic E-state index is -3.72. The van der Waals surface area contributed by atoms with E-state index in [9.17, 15) is 13.7 Å². The average Bonchev–Trinajstić information content (AvgIpc) is 2.53. The summed E-state index contributed by atoms with van der Waals surface area (Å²) in [4.78, 5) is 2.23. The lowest BCUT2D eigenvalue weighted by Gasteiger charge is -2.45. The summed E-state index contributed by atoms with van der Waals surface area (Å²) in [6.45, 7) is 4.04. The highest BCUT2D eigenvalue weighted by Crippen LogP contribution is 2.30. The lowest BCUT2D eigenvalue weighted by molar-refractivity contribution is -0.0719. The molecule has 2 fully saturated rings. The van der Waals surface area contributed by atoms with Gasteiger partial charge in [-0.3, -0.25) is 0 Å². The maximum atomic E-state index is 13.2. The van der Waals surface area contributed by atoms with Crippen LogP contribution in [0.25, 0.3) is 0 Å². The quantitative estimate of drug-likeness (QED) is 0.805. The topological polar surface area (TPSA) is 73.6 Å². The lowest BCUT2D eigenvalue weighted by atomic mass is 10.0. The van der Waals surface area contributed by atoms with Gasteiger partial charge in [0, 0.05) is 19.6 Å². The van der Waals surface area contributed by atoms with Crippen molar-refractivity contribution in [3.63, 3.8) is 0 Å². The highest BCUT2D eigenvalue weighted by atomic mass is 32.2. The van der Waals surface area contributed by atoms with Crippen LogP contribution in [-0.2, 0) is 14.8 Å². The maximum Gasteiger partial charge on any atom is 0.244 e. The van der Waals surface area contributed by atoms with Crippen molar-refractivity contribution in [3.8, 4) is 6.07 Å². The third kappa shape index (κ3) is 2.88. The fourth-order valence-electron chi connectivity index (χ4n) is 3.42. The molecule has 1 aromatic carbocycles. The normalized spacial score (nSPS) is 26.5. The molecule has 124 valence electrons. The predicted octanol–water partition coefficient (Wildman–Crippen LogP) is 0.960. The molecule has 1 aromatic rings. The number of aryl methyl sites for hydroxylation is 1. The predicted molar refractivity (Wildman–Crippen MR) is 85.4 cm³/mol. The van der Waals surface area contributed by atoms with Gasteiger partial charge in [0.25, 0.3) is 0 Å². The summed E-state index contributed by atoms with van der Waals surface area (Å²) in [5.74, 6) is 0. The van der Waals surface area contributed by atoms with E-state index >= 15 is 0 Å². The third-order valence-corrected chi connectivity index (χ3v) is 6.64. The summed E-state index contributed by atoms with van der Waals surface area (Å²) in [6.07, 6.45) is 0.761. The van der Waals surface area contributed by atoms with Crippen LogP contribution in [0.4, 0.5) is 0 Å². The van der Waals surface area contributed by atoms with Gasteiger partial charge in [0.2, 0.25) is 10.0 Å². The van der Waals surface area contributed by atoms with E-state index in [4.69, 9.17) is 4.74 Å². The van der Waals surface area contributed by atoms with E-state index in [1.165, 1.54) is 10.4 Å². The Bertz CT molecular complexity index is 741. The molecular formula is C16H21N3O3S. The number of hydrogen-bond donors (Lipinski definition) is 0. The van der Waals surface area contributed by atoms with Crippen molar-refractivity contribution in [1.29, 1.82) is 5.26 Å². The molecule has 0 unspecified atom stereocenters. The van der Waals surface area contributed by atoms with E-state index in [1.54, 1.807) is 19.1 Å². The fourth-order valence-corrected chi connectivity index (χ4v) is 5.26. The Kier molecular flexibility index (Phi) is 4.43. The summed E-state index contributed by atoms with van der Waals surface area (Å²) >= 11 is 0. The molecule has 2 aliphatic heterocycles. The second kappa shape index (κ2) is 6.21. The summed E-state index contributed by atoms with van der Waals surface area (Å²) < 4.78 is 33.7. The molecule has 2 heterocycles. The summed E-state index contributed by atoms with van der Waals surface area (Å²) in [5, 5.41) is 9.37. The number of likely N-dealkylation sites (N-methyl/N-ethyl adjacent to an activating group) is 1. The Morgan fingerprint density at radius 3 is 2.87 bits per heavy atom. The van der Waals surface area contributed by atoms with E-state index in [2.05, 4.69) is 4.90 Å².